The normalized spacial score (nSPS) is 11.3. The summed E-state index contributed by atoms with van der Waals surface area (Å²) in [6.45, 7) is -0.238. The van der Waals surface area contributed by atoms with Gasteiger partial charge in [0.15, 0.2) is 0 Å². The maximum absolute atomic E-state index is 14.3. The van der Waals surface area contributed by atoms with E-state index in [1.54, 1.807) is 23.6 Å². The molecule has 158 valence electrons. The van der Waals surface area contributed by atoms with Crippen LogP contribution >= 0.6 is 11.3 Å². The highest BCUT2D eigenvalue weighted by atomic mass is 32.2. The smallest absolute Gasteiger partial charge is 0.274 e. The lowest BCUT2D eigenvalue weighted by Gasteiger charge is -2.23. The van der Waals surface area contributed by atoms with Crippen molar-refractivity contribution in [1.82, 2.24) is 5.32 Å². The summed E-state index contributed by atoms with van der Waals surface area (Å²) in [7, 11) is -4.09. The number of nitrogens with one attached hydrogen (secondary N) is 1. The largest absolute Gasteiger partial charge is 0.355 e. The Morgan fingerprint density at radius 2 is 1.73 bits per heavy atom. The van der Waals surface area contributed by atoms with E-state index < -0.39 is 28.3 Å². The molecule has 0 aliphatic heterocycles. The van der Waals surface area contributed by atoms with Crippen molar-refractivity contribution in [3.05, 3.63) is 83.2 Å². The number of para-hydroxylation sites is 1. The van der Waals surface area contributed by atoms with E-state index in [1.807, 2.05) is 0 Å². The van der Waals surface area contributed by atoms with Gasteiger partial charge in [0.25, 0.3) is 10.0 Å². The number of sulfonamides is 1. The van der Waals surface area contributed by atoms with Crippen molar-refractivity contribution in [2.45, 2.75) is 17.1 Å². The van der Waals surface area contributed by atoms with Crippen LogP contribution in [0.25, 0.3) is 0 Å². The fourth-order valence-corrected chi connectivity index (χ4v) is 5.36. The van der Waals surface area contributed by atoms with Crippen molar-refractivity contribution in [3.63, 3.8) is 0 Å². The number of aryl methyl sites for hydroxylation is 1. The van der Waals surface area contributed by atoms with Gasteiger partial charge in [-0.1, -0.05) is 30.3 Å². The van der Waals surface area contributed by atoms with Gasteiger partial charge < -0.3 is 5.32 Å². The number of hydrogen-bond donors (Lipinski definition) is 1. The van der Waals surface area contributed by atoms with Crippen LogP contribution < -0.4 is 9.62 Å². The number of hydrogen-bond acceptors (Lipinski definition) is 4. The Morgan fingerprint density at radius 3 is 2.40 bits per heavy atom. The number of nitrogens with zero attached hydrogens (tertiary/aromatic N) is 1. The molecule has 1 N–H and O–H groups in total. The van der Waals surface area contributed by atoms with Crippen molar-refractivity contribution in [2.24, 2.45) is 0 Å². The average molecular weight is 451 g/mol. The molecule has 0 saturated heterocycles. The van der Waals surface area contributed by atoms with Gasteiger partial charge >= 0.3 is 0 Å². The molecular formula is C21H20F2N2O3S2. The van der Waals surface area contributed by atoms with E-state index in [1.165, 1.54) is 36.4 Å². The minimum Gasteiger partial charge on any atom is -0.355 e. The summed E-state index contributed by atoms with van der Waals surface area (Å²) in [4.78, 5) is 12.4. The molecule has 5 nitrogen and oxygen atoms in total. The third-order valence-corrected chi connectivity index (χ3v) is 7.46. The molecular weight excluding hydrogens is 430 g/mol. The van der Waals surface area contributed by atoms with Gasteiger partial charge in [-0.25, -0.2) is 17.2 Å². The zero-order chi connectivity index (χ0) is 21.6. The summed E-state index contributed by atoms with van der Waals surface area (Å²) < 4.78 is 54.0. The van der Waals surface area contributed by atoms with E-state index in [-0.39, 0.29) is 15.7 Å². The van der Waals surface area contributed by atoms with Crippen LogP contribution in [0, 0.1) is 11.6 Å². The van der Waals surface area contributed by atoms with Crippen molar-refractivity contribution >= 4 is 33.0 Å². The highest BCUT2D eigenvalue weighted by Crippen LogP contribution is 2.28. The Balaban J connectivity index is 1.66. The summed E-state index contributed by atoms with van der Waals surface area (Å²) in [6, 6.07) is 14.5. The topological polar surface area (TPSA) is 66.5 Å². The summed E-state index contributed by atoms with van der Waals surface area (Å²) in [5, 5.41) is 4.26. The first-order chi connectivity index (χ1) is 14.4. The molecule has 0 spiro atoms. The van der Waals surface area contributed by atoms with E-state index in [0.717, 1.165) is 27.3 Å². The molecule has 0 aliphatic carbocycles. The van der Waals surface area contributed by atoms with E-state index >= 15 is 0 Å². The van der Waals surface area contributed by atoms with Crippen LogP contribution in [0.2, 0.25) is 0 Å². The number of benzene rings is 2. The molecule has 3 aromatic rings. The SMILES string of the molecule is O=C(CN(c1ccccc1F)S(=O)(=O)c1cccs1)NCCCc1ccc(F)cc1. The predicted molar refractivity (Wildman–Crippen MR) is 113 cm³/mol. The zero-order valence-electron chi connectivity index (χ0n) is 15.9. The third-order valence-electron chi connectivity index (χ3n) is 4.33. The number of anilines is 1. The maximum Gasteiger partial charge on any atom is 0.274 e. The highest BCUT2D eigenvalue weighted by Gasteiger charge is 2.29. The first kappa shape index (κ1) is 21.9. The third kappa shape index (κ3) is 5.43. The summed E-state index contributed by atoms with van der Waals surface area (Å²) >= 11 is 0.995. The predicted octanol–water partition coefficient (Wildman–Crippen LogP) is 3.97. The van der Waals surface area contributed by atoms with Crippen LogP contribution in [0.5, 0.6) is 0 Å². The van der Waals surface area contributed by atoms with Gasteiger partial charge in [0.1, 0.15) is 22.4 Å². The van der Waals surface area contributed by atoms with Gasteiger partial charge in [-0.05, 0) is 54.1 Å². The molecule has 0 atom stereocenters. The van der Waals surface area contributed by atoms with Crippen molar-refractivity contribution in [1.29, 1.82) is 0 Å². The van der Waals surface area contributed by atoms with Gasteiger partial charge in [-0.2, -0.15) is 0 Å². The Bertz CT molecular complexity index is 1090. The van der Waals surface area contributed by atoms with Crippen LogP contribution in [0.3, 0.4) is 0 Å². The van der Waals surface area contributed by atoms with Crippen LogP contribution in [0.4, 0.5) is 14.5 Å². The van der Waals surface area contributed by atoms with Gasteiger partial charge in [-0.15, -0.1) is 11.3 Å². The number of amides is 1. The number of carbonyl (C=O) groups excluding carboxylic acids is 1. The van der Waals surface area contributed by atoms with Crippen LogP contribution in [0.1, 0.15) is 12.0 Å². The molecule has 0 saturated carbocycles. The Labute approximate surface area is 178 Å². The molecule has 2 aromatic carbocycles. The van der Waals surface area contributed by atoms with E-state index in [4.69, 9.17) is 0 Å². The van der Waals surface area contributed by atoms with Gasteiger partial charge in [0, 0.05) is 6.54 Å². The quantitative estimate of drug-likeness (QED) is 0.502. The summed E-state index contributed by atoms with van der Waals surface area (Å²) in [5.41, 5.74) is 0.742. The first-order valence-electron chi connectivity index (χ1n) is 9.20. The fraction of sp³-hybridized carbons (Fsp3) is 0.190. The molecule has 0 fully saturated rings. The second-order valence-corrected chi connectivity index (χ2v) is 9.51. The minimum atomic E-state index is -4.09. The van der Waals surface area contributed by atoms with E-state index in [9.17, 15) is 22.0 Å². The van der Waals surface area contributed by atoms with Crippen molar-refractivity contribution in [3.8, 4) is 0 Å². The standard InChI is InChI=1S/C21H20F2N2O3S2/c22-17-11-9-16(10-12-17)5-3-13-24-20(26)15-25(19-7-2-1-6-18(19)23)30(27,28)21-8-4-14-29-21/h1-2,4,6-12,14H,3,5,13,15H2,(H,24,26). The van der Waals surface area contributed by atoms with Gasteiger partial charge in [0.2, 0.25) is 5.91 Å². The van der Waals surface area contributed by atoms with Crippen molar-refractivity contribution < 1.29 is 22.0 Å². The Kier molecular flexibility index (Phi) is 7.17. The lowest BCUT2D eigenvalue weighted by atomic mass is 10.1. The molecule has 1 amide bonds. The molecule has 1 aromatic heterocycles. The number of rotatable bonds is 9. The first-order valence-corrected chi connectivity index (χ1v) is 11.5. The molecule has 3 rings (SSSR count). The molecule has 1 heterocycles. The van der Waals surface area contributed by atoms with Gasteiger partial charge in [0.05, 0.1) is 5.69 Å². The molecule has 0 bridgehead atoms. The fourth-order valence-electron chi connectivity index (χ4n) is 2.83. The monoisotopic (exact) mass is 450 g/mol. The molecule has 9 heteroatoms. The zero-order valence-corrected chi connectivity index (χ0v) is 17.6. The molecule has 30 heavy (non-hydrogen) atoms. The number of thiophene rings is 1. The van der Waals surface area contributed by atoms with E-state index in [0.29, 0.717) is 19.4 Å². The summed E-state index contributed by atoms with van der Waals surface area (Å²) in [6.07, 6.45) is 1.22. The summed E-state index contributed by atoms with van der Waals surface area (Å²) in [5.74, 6) is -1.59. The van der Waals surface area contributed by atoms with Crippen LogP contribution in [-0.2, 0) is 21.2 Å². The van der Waals surface area contributed by atoms with Crippen LogP contribution in [0.15, 0.2) is 70.3 Å². The minimum absolute atomic E-state index is 0.0230. The number of carbonyl (C=O) groups is 1. The molecule has 0 radical (unpaired) electrons. The van der Waals surface area contributed by atoms with Crippen LogP contribution in [-0.4, -0.2) is 27.4 Å². The van der Waals surface area contributed by atoms with Crippen molar-refractivity contribution in [2.75, 3.05) is 17.4 Å². The number of halogens is 2. The Morgan fingerprint density at radius 1 is 1.00 bits per heavy atom. The second kappa shape index (κ2) is 9.82. The lowest BCUT2D eigenvalue weighted by Crippen LogP contribution is -2.41. The molecule has 0 aliphatic rings. The second-order valence-electron chi connectivity index (χ2n) is 6.48. The average Bonchev–Trinajstić information content (AvgIpc) is 3.27. The highest BCUT2D eigenvalue weighted by molar-refractivity contribution is 7.94. The van der Waals surface area contributed by atoms with Gasteiger partial charge in [-0.3, -0.25) is 9.10 Å². The van der Waals surface area contributed by atoms with E-state index in [2.05, 4.69) is 5.32 Å². The maximum atomic E-state index is 14.3. The Hall–Kier alpha value is -2.78. The molecule has 0 unspecified atom stereocenters. The lowest BCUT2D eigenvalue weighted by molar-refractivity contribution is -0.119.